The molecule has 2 N–H and O–H groups in total. The van der Waals surface area contributed by atoms with Crippen LogP contribution in [0.3, 0.4) is 0 Å². The highest BCUT2D eigenvalue weighted by Gasteiger charge is 2.57. The molecule has 3 aliphatic rings. The number of hydrogen-bond acceptors (Lipinski definition) is 2. The van der Waals surface area contributed by atoms with Crippen molar-refractivity contribution in [2.75, 3.05) is 6.61 Å². The maximum atomic E-state index is 10.0. The Bertz CT molecular complexity index is 382. The minimum Gasteiger partial charge on any atom is -0.392 e. The van der Waals surface area contributed by atoms with Crippen LogP contribution >= 0.6 is 0 Å². The molecule has 0 heterocycles. The predicted molar refractivity (Wildman–Crippen MR) is 67.5 cm³/mol. The van der Waals surface area contributed by atoms with Gasteiger partial charge in [0.2, 0.25) is 0 Å². The van der Waals surface area contributed by atoms with E-state index in [1.54, 1.807) is 0 Å². The van der Waals surface area contributed by atoms with Crippen LogP contribution in [-0.2, 0) is 0 Å². The van der Waals surface area contributed by atoms with E-state index in [1.165, 1.54) is 24.0 Å². The molecule has 0 unspecified atom stereocenters. The molecule has 2 nitrogen and oxygen atoms in total. The average molecular weight is 236 g/mol. The van der Waals surface area contributed by atoms with Gasteiger partial charge in [-0.1, -0.05) is 26.3 Å². The number of aliphatic hydroxyl groups is 2. The summed E-state index contributed by atoms with van der Waals surface area (Å²) in [6.45, 7) is 7.10. The molecule has 0 aromatic heterocycles. The molecule has 0 radical (unpaired) electrons. The molecule has 0 bridgehead atoms. The van der Waals surface area contributed by atoms with E-state index in [4.69, 9.17) is 0 Å². The van der Waals surface area contributed by atoms with Crippen molar-refractivity contribution in [3.63, 3.8) is 0 Å². The number of fused-ring (bicyclic) bond motifs is 2. The lowest BCUT2D eigenvalue weighted by Crippen LogP contribution is -2.54. The number of aliphatic hydroxyl groups excluding tert-OH is 2. The van der Waals surface area contributed by atoms with E-state index < -0.39 is 0 Å². The van der Waals surface area contributed by atoms with Crippen LogP contribution in [0.15, 0.2) is 11.1 Å². The Morgan fingerprint density at radius 3 is 2.47 bits per heavy atom. The molecule has 2 heteroatoms. The topological polar surface area (TPSA) is 40.5 Å². The summed E-state index contributed by atoms with van der Waals surface area (Å²) < 4.78 is 0. The van der Waals surface area contributed by atoms with Gasteiger partial charge >= 0.3 is 0 Å². The van der Waals surface area contributed by atoms with Gasteiger partial charge < -0.3 is 10.2 Å². The van der Waals surface area contributed by atoms with E-state index in [1.807, 2.05) is 0 Å². The quantitative estimate of drug-likeness (QED) is 0.687. The van der Waals surface area contributed by atoms with Crippen LogP contribution in [-0.4, -0.2) is 22.9 Å². The van der Waals surface area contributed by atoms with Gasteiger partial charge in [-0.25, -0.2) is 0 Å². The van der Waals surface area contributed by atoms with Gasteiger partial charge in [-0.05, 0) is 48.0 Å². The van der Waals surface area contributed by atoms with Crippen LogP contribution in [0.4, 0.5) is 0 Å². The maximum absolute atomic E-state index is 10.0. The Balaban J connectivity index is 2.02. The van der Waals surface area contributed by atoms with E-state index in [9.17, 15) is 10.2 Å². The molecule has 0 aromatic rings. The van der Waals surface area contributed by atoms with Crippen LogP contribution in [0.5, 0.6) is 0 Å². The van der Waals surface area contributed by atoms with Crippen molar-refractivity contribution in [1.29, 1.82) is 0 Å². The Kier molecular flexibility index (Phi) is 2.32. The summed E-state index contributed by atoms with van der Waals surface area (Å²) in [6, 6.07) is 0. The van der Waals surface area contributed by atoms with Crippen LogP contribution in [0.2, 0.25) is 0 Å². The number of allylic oxidation sites excluding steroid dienone is 1. The van der Waals surface area contributed by atoms with Crippen LogP contribution < -0.4 is 0 Å². The third-order valence-electron chi connectivity index (χ3n) is 5.44. The van der Waals surface area contributed by atoms with Crippen molar-refractivity contribution in [2.45, 2.75) is 52.6 Å². The van der Waals surface area contributed by atoms with Crippen LogP contribution in [0.1, 0.15) is 46.5 Å². The maximum Gasteiger partial charge on any atom is 0.0648 e. The summed E-state index contributed by atoms with van der Waals surface area (Å²) in [5.74, 6) is 0.911. The van der Waals surface area contributed by atoms with Gasteiger partial charge in [-0.15, -0.1) is 0 Å². The molecule has 17 heavy (non-hydrogen) atoms. The summed E-state index contributed by atoms with van der Waals surface area (Å²) in [6.07, 6.45) is 4.30. The number of rotatable bonds is 1. The van der Waals surface area contributed by atoms with Crippen molar-refractivity contribution >= 4 is 0 Å². The molecule has 0 aromatic carbocycles. The minimum atomic E-state index is -0.209. The Morgan fingerprint density at radius 2 is 1.88 bits per heavy atom. The first-order chi connectivity index (χ1) is 7.86. The molecule has 0 amide bonds. The monoisotopic (exact) mass is 236 g/mol. The highest BCUT2D eigenvalue weighted by molar-refractivity contribution is 5.34. The third-order valence-corrected chi connectivity index (χ3v) is 5.44. The van der Waals surface area contributed by atoms with E-state index in [2.05, 4.69) is 20.8 Å². The zero-order chi connectivity index (χ0) is 12.4. The van der Waals surface area contributed by atoms with E-state index in [-0.39, 0.29) is 24.0 Å². The van der Waals surface area contributed by atoms with Crippen molar-refractivity contribution < 1.29 is 10.2 Å². The van der Waals surface area contributed by atoms with Gasteiger partial charge in [-0.2, -0.15) is 0 Å². The lowest BCUT2D eigenvalue weighted by atomic mass is 9.50. The van der Waals surface area contributed by atoms with Gasteiger partial charge in [0.15, 0.2) is 0 Å². The van der Waals surface area contributed by atoms with Crippen LogP contribution in [0, 0.1) is 22.7 Å². The summed E-state index contributed by atoms with van der Waals surface area (Å²) >= 11 is 0. The molecule has 0 aliphatic heterocycles. The summed E-state index contributed by atoms with van der Waals surface area (Å²) in [4.78, 5) is 0. The molecule has 3 rings (SSSR count). The van der Waals surface area contributed by atoms with Gasteiger partial charge in [0.1, 0.15) is 0 Å². The predicted octanol–water partition coefficient (Wildman–Crippen LogP) is 2.50. The zero-order valence-electron chi connectivity index (χ0n) is 11.2. The zero-order valence-corrected chi connectivity index (χ0v) is 11.2. The Labute approximate surface area is 104 Å². The van der Waals surface area contributed by atoms with Gasteiger partial charge in [0.25, 0.3) is 0 Å². The van der Waals surface area contributed by atoms with Crippen molar-refractivity contribution in [1.82, 2.24) is 0 Å². The third kappa shape index (κ3) is 1.53. The van der Waals surface area contributed by atoms with E-state index >= 15 is 0 Å². The summed E-state index contributed by atoms with van der Waals surface area (Å²) in [5, 5.41) is 19.7. The highest BCUT2D eigenvalue weighted by Crippen LogP contribution is 2.63. The minimum absolute atomic E-state index is 0.152. The number of hydrogen-bond donors (Lipinski definition) is 2. The van der Waals surface area contributed by atoms with Gasteiger partial charge in [0.05, 0.1) is 12.7 Å². The molecule has 96 valence electrons. The second-order valence-corrected chi connectivity index (χ2v) is 7.56. The smallest absolute Gasteiger partial charge is 0.0648 e. The molecule has 4 atom stereocenters. The molecular weight excluding hydrogens is 212 g/mol. The fourth-order valence-corrected chi connectivity index (χ4v) is 4.95. The normalized spacial score (nSPS) is 47.5. The van der Waals surface area contributed by atoms with Crippen LogP contribution in [0.25, 0.3) is 0 Å². The van der Waals surface area contributed by atoms with Crippen molar-refractivity contribution in [3.8, 4) is 0 Å². The first kappa shape index (κ1) is 11.7. The first-order valence-corrected chi connectivity index (χ1v) is 6.87. The fraction of sp³-hybridized carbons (Fsp3) is 0.867. The fourth-order valence-electron chi connectivity index (χ4n) is 4.95. The van der Waals surface area contributed by atoms with Crippen molar-refractivity contribution in [2.24, 2.45) is 22.7 Å². The molecule has 0 saturated heterocycles. The SMILES string of the molecule is CC1(C)CC2=C(CO)[C@@H]3[C@@H](O)C[C@]3(C)C[C@H]2C1. The van der Waals surface area contributed by atoms with E-state index in [0.717, 1.165) is 12.8 Å². The Morgan fingerprint density at radius 1 is 1.18 bits per heavy atom. The molecule has 0 spiro atoms. The first-order valence-electron chi connectivity index (χ1n) is 6.87. The average Bonchev–Trinajstić information content (AvgIpc) is 2.48. The van der Waals surface area contributed by atoms with Crippen molar-refractivity contribution in [3.05, 3.63) is 11.1 Å². The summed E-state index contributed by atoms with van der Waals surface area (Å²) in [5.41, 5.74) is 3.31. The standard InChI is InChI=1S/C15H24O2/c1-14(2)4-9-5-15(3)7-12(17)13(15)11(8-16)10(9)6-14/h9,12-13,16-17H,4-8H2,1-3H3/t9-,12+,13-,15+/m1/s1. The largest absolute Gasteiger partial charge is 0.392 e. The molecule has 2 saturated carbocycles. The second-order valence-electron chi connectivity index (χ2n) is 7.56. The molecular formula is C15H24O2. The molecule has 3 aliphatic carbocycles. The lowest BCUT2D eigenvalue weighted by molar-refractivity contribution is -0.0988. The Hall–Kier alpha value is -0.340. The highest BCUT2D eigenvalue weighted by atomic mass is 16.3. The second kappa shape index (κ2) is 3.36. The van der Waals surface area contributed by atoms with E-state index in [0.29, 0.717) is 11.3 Å². The van der Waals surface area contributed by atoms with Gasteiger partial charge in [0, 0.05) is 5.92 Å². The lowest BCUT2D eigenvalue weighted by Gasteiger charge is -2.56. The van der Waals surface area contributed by atoms with Gasteiger partial charge in [-0.3, -0.25) is 0 Å². The summed E-state index contributed by atoms with van der Waals surface area (Å²) in [7, 11) is 0. The molecule has 2 fully saturated rings.